The highest BCUT2D eigenvalue weighted by Crippen LogP contribution is 2.36. The molecule has 0 unspecified atom stereocenters. The molecule has 0 amide bonds. The molecule has 1 aliphatic rings. The van der Waals surface area contributed by atoms with Crippen LogP contribution >= 0.6 is 54.5 Å². The van der Waals surface area contributed by atoms with Crippen molar-refractivity contribution >= 4 is 72.3 Å². The van der Waals surface area contributed by atoms with E-state index in [0.717, 1.165) is 16.0 Å². The number of allylic oxidation sites excluding steroid dienone is 1. The summed E-state index contributed by atoms with van der Waals surface area (Å²) in [7, 11) is 0. The van der Waals surface area contributed by atoms with Crippen molar-refractivity contribution < 1.29 is 19.2 Å². The second-order valence-electron chi connectivity index (χ2n) is 8.84. The molecule has 0 saturated heterocycles. The minimum atomic E-state index is -0.624. The van der Waals surface area contributed by atoms with E-state index < -0.39 is 16.9 Å². The van der Waals surface area contributed by atoms with Crippen LogP contribution in [0.1, 0.15) is 35.9 Å². The van der Waals surface area contributed by atoms with Crippen LogP contribution in [0.3, 0.4) is 0 Å². The van der Waals surface area contributed by atoms with Gasteiger partial charge in [-0.25, -0.2) is 9.79 Å². The molecule has 0 N–H and O–H groups in total. The molecule has 0 bridgehead atoms. The van der Waals surface area contributed by atoms with Gasteiger partial charge in [0.25, 0.3) is 11.2 Å². The largest absolute Gasteiger partial charge is 0.487 e. The van der Waals surface area contributed by atoms with Gasteiger partial charge in [0.1, 0.15) is 18.4 Å². The van der Waals surface area contributed by atoms with Gasteiger partial charge < -0.3 is 9.47 Å². The number of nitrogens with zero attached hydrogens (tertiary/aromatic N) is 3. The van der Waals surface area contributed by atoms with E-state index in [1.54, 1.807) is 36.6 Å². The number of rotatable bonds is 8. The highest BCUT2D eigenvalue weighted by molar-refractivity contribution is 9.11. The van der Waals surface area contributed by atoms with E-state index in [4.69, 9.17) is 9.47 Å². The molecule has 0 aliphatic carbocycles. The highest BCUT2D eigenvalue weighted by atomic mass is 79.9. The van der Waals surface area contributed by atoms with Gasteiger partial charge in [-0.05, 0) is 98.6 Å². The third kappa shape index (κ3) is 5.98. The van der Waals surface area contributed by atoms with Gasteiger partial charge in [0, 0.05) is 17.0 Å². The molecule has 1 aliphatic heterocycles. The number of nitro benzene ring substituents is 1. The Morgan fingerprint density at radius 3 is 2.51 bits per heavy atom. The van der Waals surface area contributed by atoms with E-state index in [0.29, 0.717) is 35.3 Å². The van der Waals surface area contributed by atoms with Crippen LogP contribution in [0, 0.1) is 10.1 Å². The number of non-ortho nitro benzene ring substituents is 1. The number of nitro groups is 1. The zero-order valence-electron chi connectivity index (χ0n) is 21.6. The molecule has 1 atom stereocenters. The quantitative estimate of drug-likeness (QED) is 0.128. The molecule has 210 valence electrons. The topological polar surface area (TPSA) is 113 Å². The average molecular weight is 719 g/mol. The number of esters is 1. The van der Waals surface area contributed by atoms with Gasteiger partial charge in [0.15, 0.2) is 4.80 Å². The number of benzene rings is 2. The van der Waals surface area contributed by atoms with Gasteiger partial charge in [-0.15, -0.1) is 11.3 Å². The fraction of sp³-hybridized carbons (Fsp3) is 0.179. The van der Waals surface area contributed by atoms with Crippen molar-refractivity contribution in [3.63, 3.8) is 0 Å². The lowest BCUT2D eigenvalue weighted by atomic mass is 10.0. The van der Waals surface area contributed by atoms with Crippen LogP contribution in [0.15, 0.2) is 83.9 Å². The maximum Gasteiger partial charge on any atom is 0.338 e. The molecular formula is C28H21Br2N3O6S2. The molecule has 0 saturated carbocycles. The molecule has 41 heavy (non-hydrogen) atoms. The summed E-state index contributed by atoms with van der Waals surface area (Å²) in [5.41, 5.74) is 2.15. The van der Waals surface area contributed by atoms with Crippen molar-refractivity contribution in [1.29, 1.82) is 0 Å². The Morgan fingerprint density at radius 2 is 1.90 bits per heavy atom. The predicted molar refractivity (Wildman–Crippen MR) is 164 cm³/mol. The Hall–Kier alpha value is -3.39. The lowest BCUT2D eigenvalue weighted by Gasteiger charge is -2.23. The van der Waals surface area contributed by atoms with Crippen LogP contribution < -0.4 is 19.6 Å². The van der Waals surface area contributed by atoms with Crippen LogP contribution in [-0.2, 0) is 16.1 Å². The van der Waals surface area contributed by atoms with Crippen molar-refractivity contribution in [1.82, 2.24) is 4.57 Å². The number of carbonyl (C=O) groups is 1. The first kappa shape index (κ1) is 29.1. The number of halogens is 2. The van der Waals surface area contributed by atoms with Gasteiger partial charge in [0.05, 0.1) is 36.3 Å². The SMILES string of the molecule is CCOC(=O)C1=C(C)N=c2s/c(=C\c3cc(Br)c(OCc4ccc([N+](=O)[O-])cc4)c(Br)c3)c(=O)n2[C@@H]1c1cccs1. The van der Waals surface area contributed by atoms with Crippen LogP contribution in [0.5, 0.6) is 5.75 Å². The standard InChI is InChI=1S/C28H21Br2N3O6S2/c1-3-38-27(35)23-15(2)31-28-32(24(23)21-5-4-10-40-21)26(34)22(41-28)13-17-11-19(29)25(20(30)12-17)39-14-16-6-8-18(9-7-16)33(36)37/h4-13,24H,3,14H2,1-2H3/b22-13-/t24-/m1/s1. The summed E-state index contributed by atoms with van der Waals surface area (Å²) >= 11 is 9.82. The summed E-state index contributed by atoms with van der Waals surface area (Å²) in [6, 6.07) is 13.0. The van der Waals surface area contributed by atoms with E-state index in [2.05, 4.69) is 36.9 Å². The summed E-state index contributed by atoms with van der Waals surface area (Å²) in [4.78, 5) is 43.0. The predicted octanol–water partition coefficient (Wildman–Crippen LogP) is 5.87. The van der Waals surface area contributed by atoms with Gasteiger partial charge >= 0.3 is 5.97 Å². The minimum Gasteiger partial charge on any atom is -0.487 e. The molecule has 9 nitrogen and oxygen atoms in total. The second-order valence-corrected chi connectivity index (χ2v) is 12.5. The Labute approximate surface area is 258 Å². The number of thiophene rings is 1. The fourth-order valence-electron chi connectivity index (χ4n) is 4.33. The number of hydrogen-bond donors (Lipinski definition) is 0. The molecule has 0 spiro atoms. The molecule has 2 aromatic carbocycles. The van der Waals surface area contributed by atoms with Crippen LogP contribution in [-0.4, -0.2) is 22.1 Å². The van der Waals surface area contributed by atoms with Crippen molar-refractivity contribution in [2.24, 2.45) is 4.99 Å². The zero-order valence-corrected chi connectivity index (χ0v) is 26.4. The van der Waals surface area contributed by atoms with Crippen molar-refractivity contribution in [2.45, 2.75) is 26.5 Å². The number of ether oxygens (including phenoxy) is 2. The summed E-state index contributed by atoms with van der Waals surface area (Å²) < 4.78 is 14.6. The lowest BCUT2D eigenvalue weighted by molar-refractivity contribution is -0.384. The molecule has 5 rings (SSSR count). The minimum absolute atomic E-state index is 0.0136. The third-order valence-corrected chi connectivity index (χ3v) is 9.26. The van der Waals surface area contributed by atoms with E-state index in [1.807, 2.05) is 29.6 Å². The lowest BCUT2D eigenvalue weighted by Crippen LogP contribution is -2.39. The molecule has 0 radical (unpaired) electrons. The Bertz CT molecular complexity index is 1840. The monoisotopic (exact) mass is 717 g/mol. The number of carbonyl (C=O) groups excluding carboxylic acids is 1. The maximum atomic E-state index is 13.7. The first-order valence-electron chi connectivity index (χ1n) is 12.3. The molecule has 3 heterocycles. The molecule has 2 aromatic heterocycles. The Morgan fingerprint density at radius 1 is 1.20 bits per heavy atom. The summed E-state index contributed by atoms with van der Waals surface area (Å²) in [6.45, 7) is 3.92. The van der Waals surface area contributed by atoms with Crippen molar-refractivity contribution in [3.05, 3.63) is 120 Å². The van der Waals surface area contributed by atoms with E-state index >= 15 is 0 Å². The first-order valence-corrected chi connectivity index (χ1v) is 15.5. The zero-order chi connectivity index (χ0) is 29.3. The number of fused-ring (bicyclic) bond motifs is 1. The smallest absolute Gasteiger partial charge is 0.338 e. The molecule has 4 aromatic rings. The number of thiazole rings is 1. The maximum absolute atomic E-state index is 13.7. The van der Waals surface area contributed by atoms with E-state index in [9.17, 15) is 19.7 Å². The molecule has 0 fully saturated rings. The average Bonchev–Trinajstić information content (AvgIpc) is 3.56. The van der Waals surface area contributed by atoms with Gasteiger partial charge in [0.2, 0.25) is 0 Å². The molecular weight excluding hydrogens is 698 g/mol. The summed E-state index contributed by atoms with van der Waals surface area (Å²) in [5.74, 6) is 0.0629. The Kier molecular flexibility index (Phi) is 8.68. The fourth-order valence-corrected chi connectivity index (χ4v) is 7.65. The van der Waals surface area contributed by atoms with Gasteiger partial charge in [-0.1, -0.05) is 17.4 Å². The third-order valence-electron chi connectivity index (χ3n) is 6.18. The highest BCUT2D eigenvalue weighted by Gasteiger charge is 2.33. The van der Waals surface area contributed by atoms with Crippen molar-refractivity contribution in [2.75, 3.05) is 6.61 Å². The van der Waals surface area contributed by atoms with E-state index in [1.165, 1.54) is 34.8 Å². The van der Waals surface area contributed by atoms with Crippen LogP contribution in [0.2, 0.25) is 0 Å². The Balaban J connectivity index is 1.48. The number of hydrogen-bond acceptors (Lipinski definition) is 9. The second kappa shape index (κ2) is 12.2. The van der Waals surface area contributed by atoms with Crippen LogP contribution in [0.25, 0.3) is 6.08 Å². The van der Waals surface area contributed by atoms with Crippen molar-refractivity contribution in [3.8, 4) is 5.75 Å². The summed E-state index contributed by atoms with van der Waals surface area (Å²) in [5, 5.41) is 12.8. The number of aromatic nitrogens is 1. The van der Waals surface area contributed by atoms with Gasteiger partial charge in [-0.3, -0.25) is 19.5 Å². The normalized spacial score (nSPS) is 14.9. The van der Waals surface area contributed by atoms with Gasteiger partial charge in [-0.2, -0.15) is 0 Å². The first-order chi connectivity index (χ1) is 19.7. The summed E-state index contributed by atoms with van der Waals surface area (Å²) in [6.07, 6.45) is 1.77. The van der Waals surface area contributed by atoms with Crippen LogP contribution in [0.4, 0.5) is 5.69 Å². The van der Waals surface area contributed by atoms with E-state index in [-0.39, 0.29) is 24.5 Å². The molecule has 13 heteroatoms.